The van der Waals surface area contributed by atoms with Gasteiger partial charge in [-0.25, -0.2) is 0 Å². The quantitative estimate of drug-likeness (QED) is 0.746. The first-order valence-corrected chi connectivity index (χ1v) is 6.84. The van der Waals surface area contributed by atoms with E-state index in [1.165, 1.54) is 0 Å². The minimum atomic E-state index is -0.127. The van der Waals surface area contributed by atoms with Gasteiger partial charge in [0.15, 0.2) is 0 Å². The van der Waals surface area contributed by atoms with Crippen molar-refractivity contribution >= 4 is 5.91 Å². The summed E-state index contributed by atoms with van der Waals surface area (Å²) in [5.74, 6) is 0.562. The Hall–Kier alpha value is -1.59. The molecule has 5 heteroatoms. The van der Waals surface area contributed by atoms with Crippen molar-refractivity contribution in [1.29, 1.82) is 0 Å². The molecule has 0 heterocycles. The summed E-state index contributed by atoms with van der Waals surface area (Å²) in [5.41, 5.74) is 0.558. The molecule has 0 unspecified atom stereocenters. The van der Waals surface area contributed by atoms with Gasteiger partial charge in [-0.05, 0) is 24.6 Å². The Balaban J connectivity index is 2.76. The highest BCUT2D eigenvalue weighted by molar-refractivity contribution is 5.94. The first kappa shape index (κ1) is 16.5. The van der Waals surface area contributed by atoms with Crippen molar-refractivity contribution in [3.8, 4) is 5.75 Å². The Bertz CT molecular complexity index is 409. The maximum absolute atomic E-state index is 12.4. The molecule has 0 aliphatic carbocycles. The van der Waals surface area contributed by atoms with E-state index in [2.05, 4.69) is 0 Å². The molecular weight excluding hydrogens is 258 g/mol. The molecule has 112 valence electrons. The van der Waals surface area contributed by atoms with Crippen molar-refractivity contribution in [3.05, 3.63) is 29.8 Å². The molecule has 1 aromatic rings. The second-order valence-corrected chi connectivity index (χ2v) is 4.38. The number of methoxy groups -OCH3 is 1. The lowest BCUT2D eigenvalue weighted by atomic mass is 10.2. The Labute approximate surface area is 120 Å². The van der Waals surface area contributed by atoms with Crippen molar-refractivity contribution < 1.29 is 19.4 Å². The topological polar surface area (TPSA) is 59.0 Å². The highest BCUT2D eigenvalue weighted by Crippen LogP contribution is 2.15. The molecule has 0 aromatic heterocycles. The zero-order valence-corrected chi connectivity index (χ0v) is 12.2. The summed E-state index contributed by atoms with van der Waals surface area (Å²) in [6.07, 6.45) is 0.919. The van der Waals surface area contributed by atoms with Crippen LogP contribution in [-0.2, 0) is 4.74 Å². The molecule has 0 bridgehead atoms. The average molecular weight is 281 g/mol. The monoisotopic (exact) mass is 281 g/mol. The summed E-state index contributed by atoms with van der Waals surface area (Å²) in [7, 11) is 1.58. The SMILES string of the molecule is CCCOc1cccc(C(=O)N(CCO)CCOC)c1. The molecule has 0 saturated heterocycles. The molecule has 1 aromatic carbocycles. The third-order valence-corrected chi connectivity index (χ3v) is 2.78. The summed E-state index contributed by atoms with van der Waals surface area (Å²) in [4.78, 5) is 13.9. The molecule has 0 atom stereocenters. The maximum Gasteiger partial charge on any atom is 0.254 e. The molecule has 0 aliphatic heterocycles. The van der Waals surface area contributed by atoms with Gasteiger partial charge in [-0.1, -0.05) is 13.0 Å². The normalized spacial score (nSPS) is 10.3. The van der Waals surface area contributed by atoms with Gasteiger partial charge in [0.25, 0.3) is 5.91 Å². The van der Waals surface area contributed by atoms with E-state index >= 15 is 0 Å². The van der Waals surface area contributed by atoms with Crippen LogP contribution in [0, 0.1) is 0 Å². The molecule has 1 rings (SSSR count). The van der Waals surface area contributed by atoms with Crippen LogP contribution >= 0.6 is 0 Å². The van der Waals surface area contributed by atoms with Crippen LogP contribution in [0.3, 0.4) is 0 Å². The van der Waals surface area contributed by atoms with Crippen molar-refractivity contribution in [2.75, 3.05) is 40.0 Å². The van der Waals surface area contributed by atoms with Crippen LogP contribution in [0.2, 0.25) is 0 Å². The molecule has 20 heavy (non-hydrogen) atoms. The lowest BCUT2D eigenvalue weighted by Crippen LogP contribution is -2.36. The van der Waals surface area contributed by atoms with Crippen LogP contribution in [0.5, 0.6) is 5.75 Å². The number of hydrogen-bond acceptors (Lipinski definition) is 4. The summed E-state index contributed by atoms with van der Waals surface area (Å²) in [6, 6.07) is 7.11. The summed E-state index contributed by atoms with van der Waals surface area (Å²) < 4.78 is 10.5. The summed E-state index contributed by atoms with van der Waals surface area (Å²) >= 11 is 0. The highest BCUT2D eigenvalue weighted by atomic mass is 16.5. The number of benzene rings is 1. The number of rotatable bonds is 9. The van der Waals surface area contributed by atoms with Crippen molar-refractivity contribution in [3.63, 3.8) is 0 Å². The van der Waals surface area contributed by atoms with Gasteiger partial charge >= 0.3 is 0 Å². The standard InChI is InChI=1S/C15H23NO4/c1-3-10-20-14-6-4-5-13(12-14)15(18)16(7-9-17)8-11-19-2/h4-6,12,17H,3,7-11H2,1-2H3. The van der Waals surface area contributed by atoms with E-state index in [1.807, 2.05) is 13.0 Å². The Kier molecular flexibility index (Phi) is 7.69. The fourth-order valence-electron chi connectivity index (χ4n) is 1.76. The third kappa shape index (κ3) is 5.19. The van der Waals surface area contributed by atoms with E-state index in [4.69, 9.17) is 14.6 Å². The molecular formula is C15H23NO4. The van der Waals surface area contributed by atoms with Crippen LogP contribution in [0.1, 0.15) is 23.7 Å². The third-order valence-electron chi connectivity index (χ3n) is 2.78. The van der Waals surface area contributed by atoms with Gasteiger partial charge in [-0.3, -0.25) is 4.79 Å². The number of hydrogen-bond donors (Lipinski definition) is 1. The zero-order valence-electron chi connectivity index (χ0n) is 12.2. The van der Waals surface area contributed by atoms with Crippen LogP contribution in [0.25, 0.3) is 0 Å². The van der Waals surface area contributed by atoms with Crippen LogP contribution in [0.15, 0.2) is 24.3 Å². The first-order valence-electron chi connectivity index (χ1n) is 6.84. The fraction of sp³-hybridized carbons (Fsp3) is 0.533. The molecule has 0 saturated carbocycles. The Morgan fingerprint density at radius 1 is 1.30 bits per heavy atom. The Morgan fingerprint density at radius 2 is 2.10 bits per heavy atom. The van der Waals surface area contributed by atoms with Crippen molar-refractivity contribution in [2.45, 2.75) is 13.3 Å². The van der Waals surface area contributed by atoms with E-state index < -0.39 is 0 Å². The molecule has 0 spiro atoms. The second kappa shape index (κ2) is 9.34. The fourth-order valence-corrected chi connectivity index (χ4v) is 1.76. The number of aliphatic hydroxyl groups is 1. The smallest absolute Gasteiger partial charge is 0.254 e. The zero-order chi connectivity index (χ0) is 14.8. The van der Waals surface area contributed by atoms with Crippen LogP contribution < -0.4 is 4.74 Å². The highest BCUT2D eigenvalue weighted by Gasteiger charge is 2.15. The second-order valence-electron chi connectivity index (χ2n) is 4.38. The van der Waals surface area contributed by atoms with E-state index in [-0.39, 0.29) is 12.5 Å². The minimum Gasteiger partial charge on any atom is -0.494 e. The molecule has 0 fully saturated rings. The summed E-state index contributed by atoms with van der Waals surface area (Å²) in [6.45, 7) is 3.78. The van der Waals surface area contributed by atoms with E-state index in [0.29, 0.717) is 37.6 Å². The van der Waals surface area contributed by atoms with Crippen molar-refractivity contribution in [1.82, 2.24) is 4.90 Å². The van der Waals surface area contributed by atoms with Gasteiger partial charge in [0.1, 0.15) is 5.75 Å². The van der Waals surface area contributed by atoms with Gasteiger partial charge in [0.2, 0.25) is 0 Å². The predicted molar refractivity (Wildman–Crippen MR) is 77.1 cm³/mol. The van der Waals surface area contributed by atoms with E-state index in [9.17, 15) is 4.79 Å². The molecule has 0 radical (unpaired) electrons. The maximum atomic E-state index is 12.4. The minimum absolute atomic E-state index is 0.0680. The number of aliphatic hydroxyl groups excluding tert-OH is 1. The van der Waals surface area contributed by atoms with Gasteiger partial charge in [0, 0.05) is 25.8 Å². The summed E-state index contributed by atoms with van der Waals surface area (Å²) in [5, 5.41) is 9.04. The van der Waals surface area contributed by atoms with E-state index in [0.717, 1.165) is 6.42 Å². The van der Waals surface area contributed by atoms with Crippen molar-refractivity contribution in [2.24, 2.45) is 0 Å². The number of carbonyl (C=O) groups excluding carboxylic acids is 1. The largest absolute Gasteiger partial charge is 0.494 e. The van der Waals surface area contributed by atoms with Crippen LogP contribution in [0.4, 0.5) is 0 Å². The number of amides is 1. The van der Waals surface area contributed by atoms with Gasteiger partial charge in [-0.2, -0.15) is 0 Å². The average Bonchev–Trinajstić information content (AvgIpc) is 2.49. The van der Waals surface area contributed by atoms with E-state index in [1.54, 1.807) is 30.2 Å². The lowest BCUT2D eigenvalue weighted by molar-refractivity contribution is 0.0656. The lowest BCUT2D eigenvalue weighted by Gasteiger charge is -2.21. The van der Waals surface area contributed by atoms with Crippen LogP contribution in [-0.4, -0.2) is 55.9 Å². The molecule has 5 nitrogen and oxygen atoms in total. The predicted octanol–water partition coefficient (Wildman–Crippen LogP) is 1.56. The van der Waals surface area contributed by atoms with Gasteiger partial charge in [-0.15, -0.1) is 0 Å². The van der Waals surface area contributed by atoms with Gasteiger partial charge < -0.3 is 19.5 Å². The molecule has 0 aliphatic rings. The molecule has 1 N–H and O–H groups in total. The number of ether oxygens (including phenoxy) is 2. The Morgan fingerprint density at radius 3 is 2.75 bits per heavy atom. The number of nitrogens with zero attached hydrogens (tertiary/aromatic N) is 1. The number of carbonyl (C=O) groups is 1. The van der Waals surface area contributed by atoms with Gasteiger partial charge in [0.05, 0.1) is 19.8 Å². The first-order chi connectivity index (χ1) is 9.72. The molecule has 1 amide bonds.